The molecule has 0 bridgehead atoms. The Hall–Kier alpha value is -1.83. The number of esters is 1. The third-order valence-electron chi connectivity index (χ3n) is 2.95. The number of aryl methyl sites for hydroxylation is 1. The van der Waals surface area contributed by atoms with Crippen molar-refractivity contribution in [3.63, 3.8) is 0 Å². The van der Waals surface area contributed by atoms with Crippen molar-refractivity contribution in [2.45, 2.75) is 19.8 Å². The molecule has 2 aromatic rings. The van der Waals surface area contributed by atoms with Crippen LogP contribution in [0, 0.1) is 0 Å². The molecule has 0 unspecified atom stereocenters. The summed E-state index contributed by atoms with van der Waals surface area (Å²) in [5, 5.41) is 2.39. The van der Waals surface area contributed by atoms with E-state index in [2.05, 4.69) is 35.9 Å². The minimum absolute atomic E-state index is 0.198. The average Bonchev–Trinajstić information content (AvgIpc) is 2.37. The van der Waals surface area contributed by atoms with Gasteiger partial charge in [-0.1, -0.05) is 43.3 Å². The molecule has 0 aliphatic carbocycles. The Bertz CT molecular complexity index is 544. The molecular weight excluding hydrogens is 212 g/mol. The molecule has 0 aliphatic heterocycles. The Kier molecular flexibility index (Phi) is 3.43. The van der Waals surface area contributed by atoms with Gasteiger partial charge in [-0.2, -0.15) is 0 Å². The lowest BCUT2D eigenvalue weighted by atomic mass is 10.0. The number of carbonyl (C=O) groups excluding carboxylic acids is 1. The quantitative estimate of drug-likeness (QED) is 0.754. The van der Waals surface area contributed by atoms with Crippen LogP contribution < -0.4 is 0 Å². The molecule has 2 heteroatoms. The van der Waals surface area contributed by atoms with Crippen molar-refractivity contribution < 1.29 is 9.53 Å². The summed E-state index contributed by atoms with van der Waals surface area (Å²) in [5.41, 5.74) is 2.31. The normalized spacial score (nSPS) is 10.5. The first-order chi connectivity index (χ1) is 8.22. The molecule has 0 amide bonds. The van der Waals surface area contributed by atoms with Gasteiger partial charge in [0.1, 0.15) is 0 Å². The zero-order valence-electron chi connectivity index (χ0n) is 10.2. The van der Waals surface area contributed by atoms with Crippen LogP contribution in [0.15, 0.2) is 36.4 Å². The number of fused-ring (bicyclic) bond motifs is 1. The molecule has 0 saturated carbocycles. The maximum atomic E-state index is 11.2. The average molecular weight is 228 g/mol. The number of benzene rings is 2. The summed E-state index contributed by atoms with van der Waals surface area (Å²) in [5.74, 6) is -0.198. The highest BCUT2D eigenvalue weighted by Gasteiger charge is 2.03. The van der Waals surface area contributed by atoms with Gasteiger partial charge in [0.2, 0.25) is 0 Å². The van der Waals surface area contributed by atoms with E-state index in [1.807, 2.05) is 12.1 Å². The number of ether oxygens (including phenoxy) is 1. The summed E-state index contributed by atoms with van der Waals surface area (Å²) in [6, 6.07) is 12.5. The van der Waals surface area contributed by atoms with Crippen molar-refractivity contribution >= 4 is 16.7 Å². The zero-order chi connectivity index (χ0) is 12.3. The third-order valence-corrected chi connectivity index (χ3v) is 2.95. The Morgan fingerprint density at radius 3 is 2.35 bits per heavy atom. The van der Waals surface area contributed by atoms with Gasteiger partial charge in [0.05, 0.1) is 13.5 Å². The van der Waals surface area contributed by atoms with E-state index >= 15 is 0 Å². The number of rotatable bonds is 3. The fourth-order valence-corrected chi connectivity index (χ4v) is 1.91. The molecule has 0 aliphatic rings. The van der Waals surface area contributed by atoms with Crippen LogP contribution in [0.3, 0.4) is 0 Å². The predicted molar refractivity (Wildman–Crippen MR) is 69.0 cm³/mol. The van der Waals surface area contributed by atoms with Gasteiger partial charge in [0.15, 0.2) is 0 Å². The van der Waals surface area contributed by atoms with Crippen molar-refractivity contribution in [2.75, 3.05) is 7.11 Å². The van der Waals surface area contributed by atoms with Crippen molar-refractivity contribution in [3.05, 3.63) is 47.5 Å². The Morgan fingerprint density at radius 1 is 1.06 bits per heavy atom. The van der Waals surface area contributed by atoms with Gasteiger partial charge in [-0.05, 0) is 28.3 Å². The van der Waals surface area contributed by atoms with Gasteiger partial charge in [-0.25, -0.2) is 0 Å². The Labute approximate surface area is 101 Å². The summed E-state index contributed by atoms with van der Waals surface area (Å²) in [6.45, 7) is 2.14. The summed E-state index contributed by atoms with van der Waals surface area (Å²) in [6.07, 6.45) is 1.36. The lowest BCUT2D eigenvalue weighted by molar-refractivity contribution is -0.139. The van der Waals surface area contributed by atoms with Gasteiger partial charge in [0, 0.05) is 0 Å². The molecule has 0 heterocycles. The maximum Gasteiger partial charge on any atom is 0.309 e. The minimum Gasteiger partial charge on any atom is -0.469 e. The van der Waals surface area contributed by atoms with E-state index in [1.165, 1.54) is 23.4 Å². The number of carbonyl (C=O) groups is 1. The first-order valence-corrected chi connectivity index (χ1v) is 5.81. The van der Waals surface area contributed by atoms with Crippen molar-refractivity contribution in [3.8, 4) is 0 Å². The second-order valence-corrected chi connectivity index (χ2v) is 4.12. The zero-order valence-corrected chi connectivity index (χ0v) is 10.2. The minimum atomic E-state index is -0.198. The third kappa shape index (κ3) is 2.64. The first-order valence-electron chi connectivity index (χ1n) is 5.81. The summed E-state index contributed by atoms with van der Waals surface area (Å²) >= 11 is 0. The van der Waals surface area contributed by atoms with Crippen LogP contribution >= 0.6 is 0 Å². The molecule has 0 spiro atoms. The molecule has 2 nitrogen and oxygen atoms in total. The smallest absolute Gasteiger partial charge is 0.309 e. The van der Waals surface area contributed by atoms with Crippen LogP contribution in [0.2, 0.25) is 0 Å². The highest BCUT2D eigenvalue weighted by Crippen LogP contribution is 2.18. The highest BCUT2D eigenvalue weighted by atomic mass is 16.5. The molecule has 2 aromatic carbocycles. The predicted octanol–water partition coefficient (Wildman–Crippen LogP) is 3.12. The van der Waals surface area contributed by atoms with E-state index in [0.29, 0.717) is 6.42 Å². The molecule has 0 fully saturated rings. The van der Waals surface area contributed by atoms with Crippen molar-refractivity contribution in [1.82, 2.24) is 0 Å². The van der Waals surface area contributed by atoms with Gasteiger partial charge in [-0.3, -0.25) is 4.79 Å². The highest BCUT2D eigenvalue weighted by molar-refractivity contribution is 5.85. The van der Waals surface area contributed by atoms with Crippen LogP contribution in [0.25, 0.3) is 10.8 Å². The fourth-order valence-electron chi connectivity index (χ4n) is 1.91. The molecule has 2 rings (SSSR count). The van der Waals surface area contributed by atoms with Crippen molar-refractivity contribution in [2.24, 2.45) is 0 Å². The molecule has 0 radical (unpaired) electrons. The SMILES string of the molecule is CCc1ccc2ccc(CC(=O)OC)cc2c1. The molecule has 0 saturated heterocycles. The Morgan fingerprint density at radius 2 is 1.71 bits per heavy atom. The number of methoxy groups -OCH3 is 1. The second-order valence-electron chi connectivity index (χ2n) is 4.12. The van der Waals surface area contributed by atoms with E-state index in [0.717, 1.165) is 12.0 Å². The molecule has 17 heavy (non-hydrogen) atoms. The lowest BCUT2D eigenvalue weighted by Gasteiger charge is -2.04. The topological polar surface area (TPSA) is 26.3 Å². The van der Waals surface area contributed by atoms with Crippen LogP contribution in [-0.4, -0.2) is 13.1 Å². The van der Waals surface area contributed by atoms with E-state index in [4.69, 9.17) is 0 Å². The van der Waals surface area contributed by atoms with Gasteiger partial charge in [0.25, 0.3) is 0 Å². The van der Waals surface area contributed by atoms with Crippen molar-refractivity contribution in [1.29, 1.82) is 0 Å². The largest absolute Gasteiger partial charge is 0.469 e. The van der Waals surface area contributed by atoms with E-state index in [-0.39, 0.29) is 5.97 Å². The van der Waals surface area contributed by atoms with E-state index < -0.39 is 0 Å². The van der Waals surface area contributed by atoms with E-state index in [1.54, 1.807) is 0 Å². The lowest BCUT2D eigenvalue weighted by Crippen LogP contribution is -2.04. The van der Waals surface area contributed by atoms with Gasteiger partial charge >= 0.3 is 5.97 Å². The molecule has 0 aromatic heterocycles. The molecule has 0 atom stereocenters. The standard InChI is InChI=1S/C15H16O2/c1-3-11-4-6-13-7-5-12(9-14(13)8-11)10-15(16)17-2/h4-9H,3,10H2,1-2H3. The number of hydrogen-bond acceptors (Lipinski definition) is 2. The maximum absolute atomic E-state index is 11.2. The summed E-state index contributed by atoms with van der Waals surface area (Å²) < 4.78 is 4.67. The van der Waals surface area contributed by atoms with Gasteiger partial charge in [-0.15, -0.1) is 0 Å². The molecular formula is C15H16O2. The number of hydrogen-bond donors (Lipinski definition) is 0. The summed E-state index contributed by atoms with van der Waals surface area (Å²) in [4.78, 5) is 11.2. The molecule has 0 N–H and O–H groups in total. The summed E-state index contributed by atoms with van der Waals surface area (Å²) in [7, 11) is 1.42. The van der Waals surface area contributed by atoms with Crippen LogP contribution in [0.1, 0.15) is 18.1 Å². The van der Waals surface area contributed by atoms with Crippen LogP contribution in [-0.2, 0) is 22.4 Å². The Balaban J connectivity index is 2.37. The van der Waals surface area contributed by atoms with Crippen LogP contribution in [0.4, 0.5) is 0 Å². The molecule has 88 valence electrons. The van der Waals surface area contributed by atoms with Gasteiger partial charge < -0.3 is 4.74 Å². The monoisotopic (exact) mass is 228 g/mol. The van der Waals surface area contributed by atoms with Crippen LogP contribution in [0.5, 0.6) is 0 Å². The second kappa shape index (κ2) is 5.00. The van der Waals surface area contributed by atoms with E-state index in [9.17, 15) is 4.79 Å². The fraction of sp³-hybridized carbons (Fsp3) is 0.267. The first kappa shape index (κ1) is 11.6.